The number of Topliss-reactive ketones (excluding diaryl/α,β-unsaturated/α-hetero) is 1. The van der Waals surface area contributed by atoms with Gasteiger partial charge in [0.05, 0.1) is 25.9 Å². The van der Waals surface area contributed by atoms with Crippen molar-refractivity contribution in [1.82, 2.24) is 0 Å². The van der Waals surface area contributed by atoms with Crippen molar-refractivity contribution in [3.05, 3.63) is 23.8 Å². The van der Waals surface area contributed by atoms with Crippen LogP contribution in [-0.4, -0.2) is 32.1 Å². The van der Waals surface area contributed by atoms with Crippen LogP contribution in [-0.2, 0) is 9.53 Å². The molecule has 1 aromatic carbocycles. The van der Waals surface area contributed by atoms with Gasteiger partial charge in [-0.05, 0) is 26.0 Å². The van der Waals surface area contributed by atoms with Gasteiger partial charge in [-0.3, -0.25) is 4.79 Å². The highest BCUT2D eigenvalue weighted by atomic mass is 16.5. The van der Waals surface area contributed by atoms with Crippen LogP contribution in [0.5, 0.6) is 11.5 Å². The lowest BCUT2D eigenvalue weighted by Crippen LogP contribution is -2.21. The lowest BCUT2D eigenvalue weighted by molar-refractivity contribution is -0.141. The van der Waals surface area contributed by atoms with Crippen LogP contribution < -0.4 is 9.47 Å². The fourth-order valence-corrected chi connectivity index (χ4v) is 1.36. The Hall–Kier alpha value is -2.04. The minimum atomic E-state index is -0.895. The van der Waals surface area contributed by atoms with E-state index in [9.17, 15) is 9.59 Å². The van der Waals surface area contributed by atoms with Crippen molar-refractivity contribution in [2.75, 3.05) is 14.2 Å². The Bertz CT molecular complexity index is 451. The van der Waals surface area contributed by atoms with E-state index in [2.05, 4.69) is 0 Å². The van der Waals surface area contributed by atoms with E-state index in [0.717, 1.165) is 0 Å². The third kappa shape index (κ3) is 3.23. The number of carbonyl (C=O) groups excluding carboxylic acids is 2. The van der Waals surface area contributed by atoms with Gasteiger partial charge in [0.25, 0.3) is 5.78 Å². The Balaban J connectivity index is 3.01. The number of methoxy groups -OCH3 is 2. The molecule has 0 bridgehead atoms. The van der Waals surface area contributed by atoms with Gasteiger partial charge >= 0.3 is 5.97 Å². The van der Waals surface area contributed by atoms with Crippen LogP contribution in [0.15, 0.2) is 18.2 Å². The summed E-state index contributed by atoms with van der Waals surface area (Å²) in [5.74, 6) is -0.808. The van der Waals surface area contributed by atoms with Crippen molar-refractivity contribution in [2.24, 2.45) is 0 Å². The van der Waals surface area contributed by atoms with Crippen LogP contribution in [0.4, 0.5) is 0 Å². The molecule has 0 heterocycles. The maximum absolute atomic E-state index is 11.9. The van der Waals surface area contributed by atoms with Gasteiger partial charge in [0.15, 0.2) is 0 Å². The topological polar surface area (TPSA) is 61.8 Å². The zero-order chi connectivity index (χ0) is 13.7. The molecule has 0 fully saturated rings. The molecule has 5 heteroatoms. The molecule has 1 rings (SSSR count). The summed E-state index contributed by atoms with van der Waals surface area (Å²) in [6.45, 7) is 3.35. The van der Waals surface area contributed by atoms with E-state index in [-0.39, 0.29) is 17.4 Å². The summed E-state index contributed by atoms with van der Waals surface area (Å²) in [7, 11) is 2.92. The van der Waals surface area contributed by atoms with E-state index >= 15 is 0 Å². The van der Waals surface area contributed by atoms with Crippen molar-refractivity contribution < 1.29 is 23.8 Å². The number of hydrogen-bond donors (Lipinski definition) is 0. The second-order valence-electron chi connectivity index (χ2n) is 3.85. The lowest BCUT2D eigenvalue weighted by atomic mass is 10.1. The average Bonchev–Trinajstić information content (AvgIpc) is 2.36. The minimum absolute atomic E-state index is 0.156. The lowest BCUT2D eigenvalue weighted by Gasteiger charge is -2.10. The fourth-order valence-electron chi connectivity index (χ4n) is 1.36. The van der Waals surface area contributed by atoms with Crippen molar-refractivity contribution in [2.45, 2.75) is 20.0 Å². The number of hydrogen-bond acceptors (Lipinski definition) is 5. The van der Waals surface area contributed by atoms with Gasteiger partial charge in [-0.15, -0.1) is 0 Å². The monoisotopic (exact) mass is 252 g/mol. The summed E-state index contributed by atoms with van der Waals surface area (Å²) >= 11 is 0. The third-order valence-corrected chi connectivity index (χ3v) is 2.18. The Morgan fingerprint density at radius 3 is 2.28 bits per heavy atom. The summed E-state index contributed by atoms with van der Waals surface area (Å²) in [5.41, 5.74) is 0.156. The average molecular weight is 252 g/mol. The molecule has 0 radical (unpaired) electrons. The fraction of sp³-hybridized carbons (Fsp3) is 0.385. The Morgan fingerprint density at radius 1 is 1.11 bits per heavy atom. The van der Waals surface area contributed by atoms with Gasteiger partial charge in [0.1, 0.15) is 11.5 Å². The first kappa shape index (κ1) is 14.0. The molecule has 0 saturated heterocycles. The number of esters is 1. The SMILES string of the molecule is COc1ccc(C(=O)C(=O)OC(C)C)c(OC)c1. The largest absolute Gasteiger partial charge is 0.497 e. The molecule has 0 spiro atoms. The van der Waals surface area contributed by atoms with Crippen LogP contribution in [0.2, 0.25) is 0 Å². The molecular weight excluding hydrogens is 236 g/mol. The van der Waals surface area contributed by atoms with E-state index in [1.165, 1.54) is 26.4 Å². The first-order chi connectivity index (χ1) is 8.49. The van der Waals surface area contributed by atoms with Gasteiger partial charge in [-0.1, -0.05) is 0 Å². The highest BCUT2D eigenvalue weighted by Gasteiger charge is 2.23. The van der Waals surface area contributed by atoms with Crippen LogP contribution in [0.25, 0.3) is 0 Å². The number of carbonyl (C=O) groups is 2. The molecule has 0 saturated carbocycles. The van der Waals surface area contributed by atoms with E-state index in [1.54, 1.807) is 19.9 Å². The van der Waals surface area contributed by atoms with E-state index in [4.69, 9.17) is 14.2 Å². The normalized spacial score (nSPS) is 10.1. The molecule has 98 valence electrons. The van der Waals surface area contributed by atoms with Crippen LogP contribution in [0.3, 0.4) is 0 Å². The second-order valence-corrected chi connectivity index (χ2v) is 3.85. The molecule has 0 aliphatic rings. The summed E-state index contributed by atoms with van der Waals surface area (Å²) in [6.07, 6.45) is -0.342. The summed E-state index contributed by atoms with van der Waals surface area (Å²) < 4.78 is 14.9. The van der Waals surface area contributed by atoms with Crippen molar-refractivity contribution in [3.63, 3.8) is 0 Å². The predicted molar refractivity (Wildman–Crippen MR) is 65.1 cm³/mol. The summed E-state index contributed by atoms with van der Waals surface area (Å²) in [4.78, 5) is 23.4. The first-order valence-electron chi connectivity index (χ1n) is 5.47. The molecular formula is C13H16O5. The number of ketones is 1. The van der Waals surface area contributed by atoms with E-state index in [0.29, 0.717) is 5.75 Å². The predicted octanol–water partition coefficient (Wildman–Crippen LogP) is 1.84. The molecule has 1 aromatic rings. The molecule has 5 nitrogen and oxygen atoms in total. The molecule has 0 amide bonds. The maximum atomic E-state index is 11.9. The van der Waals surface area contributed by atoms with Crippen molar-refractivity contribution in [3.8, 4) is 11.5 Å². The Morgan fingerprint density at radius 2 is 1.78 bits per heavy atom. The molecule has 0 aliphatic heterocycles. The third-order valence-electron chi connectivity index (χ3n) is 2.18. The minimum Gasteiger partial charge on any atom is -0.497 e. The molecule has 0 aromatic heterocycles. The van der Waals surface area contributed by atoms with Gasteiger partial charge in [-0.2, -0.15) is 0 Å². The second kappa shape index (κ2) is 6.05. The van der Waals surface area contributed by atoms with Crippen LogP contribution >= 0.6 is 0 Å². The highest BCUT2D eigenvalue weighted by Crippen LogP contribution is 2.25. The molecule has 18 heavy (non-hydrogen) atoms. The van der Waals surface area contributed by atoms with Gasteiger partial charge in [0, 0.05) is 6.07 Å². The van der Waals surface area contributed by atoms with Gasteiger partial charge in [0.2, 0.25) is 0 Å². The standard InChI is InChI=1S/C13H16O5/c1-8(2)18-13(15)12(14)10-6-5-9(16-3)7-11(10)17-4/h5-8H,1-4H3. The number of ether oxygens (including phenoxy) is 3. The van der Waals surface area contributed by atoms with E-state index in [1.807, 2.05) is 0 Å². The summed E-state index contributed by atoms with van der Waals surface area (Å²) in [6, 6.07) is 4.59. The molecule has 0 aliphatic carbocycles. The maximum Gasteiger partial charge on any atom is 0.380 e. The van der Waals surface area contributed by atoms with Gasteiger partial charge in [-0.25, -0.2) is 4.79 Å². The smallest absolute Gasteiger partial charge is 0.380 e. The van der Waals surface area contributed by atoms with E-state index < -0.39 is 11.8 Å². The zero-order valence-corrected chi connectivity index (χ0v) is 10.9. The van der Waals surface area contributed by atoms with Crippen molar-refractivity contribution in [1.29, 1.82) is 0 Å². The number of benzene rings is 1. The molecule has 0 atom stereocenters. The molecule has 0 N–H and O–H groups in total. The summed E-state index contributed by atoms with van der Waals surface area (Å²) in [5, 5.41) is 0. The number of rotatable bonds is 5. The first-order valence-corrected chi connectivity index (χ1v) is 5.47. The highest BCUT2D eigenvalue weighted by molar-refractivity contribution is 6.41. The van der Waals surface area contributed by atoms with Crippen LogP contribution in [0, 0.1) is 0 Å². The Labute approximate surface area is 106 Å². The van der Waals surface area contributed by atoms with Crippen LogP contribution in [0.1, 0.15) is 24.2 Å². The quantitative estimate of drug-likeness (QED) is 0.454. The molecule has 0 unspecified atom stereocenters. The zero-order valence-electron chi connectivity index (χ0n) is 10.9. The van der Waals surface area contributed by atoms with Gasteiger partial charge < -0.3 is 14.2 Å². The Kier molecular flexibility index (Phi) is 4.71. The van der Waals surface area contributed by atoms with Crippen molar-refractivity contribution >= 4 is 11.8 Å².